The summed E-state index contributed by atoms with van der Waals surface area (Å²) < 4.78 is 0. The third-order valence-corrected chi connectivity index (χ3v) is 5.65. The molecule has 0 saturated carbocycles. The Morgan fingerprint density at radius 2 is 1.92 bits per heavy atom. The Morgan fingerprint density at radius 3 is 2.67 bits per heavy atom. The van der Waals surface area contributed by atoms with Gasteiger partial charge in [0.25, 0.3) is 5.91 Å². The Balaban J connectivity index is 2.07. The largest absolute Gasteiger partial charge is 0.481 e. The number of alkyl halides is 1. The zero-order valence-corrected chi connectivity index (χ0v) is 13.7. The summed E-state index contributed by atoms with van der Waals surface area (Å²) in [6.45, 7) is 0.473. The van der Waals surface area contributed by atoms with E-state index in [-0.39, 0.29) is 11.8 Å². The highest BCUT2D eigenvalue weighted by molar-refractivity contribution is 6.19. The maximum absolute atomic E-state index is 13.1. The van der Waals surface area contributed by atoms with Crippen LogP contribution in [-0.2, 0) is 16.8 Å². The van der Waals surface area contributed by atoms with Gasteiger partial charge in [-0.05, 0) is 29.2 Å². The average molecular weight is 342 g/mol. The van der Waals surface area contributed by atoms with E-state index >= 15 is 0 Å². The first kappa shape index (κ1) is 15.2. The van der Waals surface area contributed by atoms with Gasteiger partial charge in [0.2, 0.25) is 0 Å². The molecule has 2 aromatic carbocycles. The minimum atomic E-state index is -1.05. The van der Waals surface area contributed by atoms with Crippen molar-refractivity contribution in [1.29, 1.82) is 0 Å². The number of aliphatic carboxylic acids is 1. The fraction of sp³-hybridized carbons (Fsp3) is 0.263. The molecule has 0 unspecified atom stereocenters. The first-order chi connectivity index (χ1) is 11.6. The van der Waals surface area contributed by atoms with Crippen molar-refractivity contribution < 1.29 is 14.7 Å². The van der Waals surface area contributed by atoms with Gasteiger partial charge in [0.1, 0.15) is 5.92 Å². The third-order valence-electron chi connectivity index (χ3n) is 5.25. The van der Waals surface area contributed by atoms with E-state index in [1.165, 1.54) is 0 Å². The van der Waals surface area contributed by atoms with Gasteiger partial charge >= 0.3 is 5.97 Å². The Hall–Kier alpha value is -2.33. The Morgan fingerprint density at radius 1 is 1.21 bits per heavy atom. The molecule has 0 bridgehead atoms. The molecule has 2 atom stereocenters. The van der Waals surface area contributed by atoms with Crippen molar-refractivity contribution in [2.75, 3.05) is 12.4 Å². The summed E-state index contributed by atoms with van der Waals surface area (Å²) in [5.74, 6) is -1.94. The molecule has 4 nitrogen and oxygen atoms in total. The van der Waals surface area contributed by atoms with Crippen molar-refractivity contribution in [3.05, 3.63) is 70.8 Å². The van der Waals surface area contributed by atoms with Crippen molar-refractivity contribution >= 4 is 23.5 Å². The van der Waals surface area contributed by atoms with Gasteiger partial charge in [-0.15, -0.1) is 11.6 Å². The van der Waals surface area contributed by atoms with E-state index in [4.69, 9.17) is 11.6 Å². The van der Waals surface area contributed by atoms with Crippen LogP contribution in [0.15, 0.2) is 48.5 Å². The van der Waals surface area contributed by atoms with Crippen LogP contribution >= 0.6 is 11.6 Å². The van der Waals surface area contributed by atoms with E-state index in [1.807, 2.05) is 24.3 Å². The molecule has 0 fully saturated rings. The number of amides is 1. The van der Waals surface area contributed by atoms with Crippen LogP contribution in [0.5, 0.6) is 0 Å². The maximum Gasteiger partial charge on any atom is 0.313 e. The molecule has 1 N–H and O–H groups in total. The summed E-state index contributed by atoms with van der Waals surface area (Å²) in [7, 11) is 0. The lowest BCUT2D eigenvalue weighted by Gasteiger charge is -2.53. The molecule has 0 aromatic heterocycles. The first-order valence-electron chi connectivity index (χ1n) is 7.89. The predicted octanol–water partition coefficient (Wildman–Crippen LogP) is 3.00. The summed E-state index contributed by atoms with van der Waals surface area (Å²) in [6, 6.07) is 14.7. The van der Waals surface area contributed by atoms with Crippen LogP contribution in [0.25, 0.3) is 0 Å². The van der Waals surface area contributed by atoms with E-state index in [1.54, 1.807) is 29.2 Å². The highest BCUT2D eigenvalue weighted by atomic mass is 35.5. The number of hydrogen-bond acceptors (Lipinski definition) is 2. The number of nitrogens with zero attached hydrogens (tertiary/aromatic N) is 1. The molecule has 0 spiro atoms. The van der Waals surface area contributed by atoms with Crippen molar-refractivity contribution in [3.63, 3.8) is 0 Å². The van der Waals surface area contributed by atoms with Gasteiger partial charge in [0, 0.05) is 12.1 Å². The number of carboxylic acid groups (broad SMARTS) is 1. The zero-order valence-electron chi connectivity index (χ0n) is 12.9. The van der Waals surface area contributed by atoms with Crippen LogP contribution in [0.1, 0.15) is 33.0 Å². The lowest BCUT2D eigenvalue weighted by Crippen LogP contribution is -2.62. The molecule has 1 amide bonds. The van der Waals surface area contributed by atoms with Crippen LogP contribution in [0.2, 0.25) is 0 Å². The summed E-state index contributed by atoms with van der Waals surface area (Å²) in [5.41, 5.74) is 1.87. The summed E-state index contributed by atoms with van der Waals surface area (Å²) in [6.07, 6.45) is 0.703. The molecule has 4 rings (SSSR count). The Kier molecular flexibility index (Phi) is 3.39. The molecule has 2 aliphatic heterocycles. The molecule has 2 heterocycles. The van der Waals surface area contributed by atoms with Gasteiger partial charge in [-0.3, -0.25) is 9.59 Å². The van der Waals surface area contributed by atoms with Gasteiger partial charge in [-0.1, -0.05) is 42.5 Å². The van der Waals surface area contributed by atoms with Crippen LogP contribution in [0.3, 0.4) is 0 Å². The summed E-state index contributed by atoms with van der Waals surface area (Å²) in [5, 5.41) is 10.0. The van der Waals surface area contributed by atoms with Crippen LogP contribution in [-0.4, -0.2) is 34.3 Å². The van der Waals surface area contributed by atoms with Crippen LogP contribution in [0, 0.1) is 0 Å². The van der Waals surface area contributed by atoms with Gasteiger partial charge in [-0.25, -0.2) is 0 Å². The van der Waals surface area contributed by atoms with E-state index in [9.17, 15) is 14.7 Å². The molecular weight excluding hydrogens is 326 g/mol. The Bertz CT molecular complexity index is 850. The Labute approximate surface area is 144 Å². The highest BCUT2D eigenvalue weighted by Gasteiger charge is 2.57. The maximum atomic E-state index is 13.1. The second-order valence-electron chi connectivity index (χ2n) is 6.28. The van der Waals surface area contributed by atoms with E-state index < -0.39 is 17.4 Å². The fourth-order valence-electron chi connectivity index (χ4n) is 4.24. The van der Waals surface area contributed by atoms with Crippen molar-refractivity contribution in [3.8, 4) is 0 Å². The van der Waals surface area contributed by atoms with E-state index in [0.29, 0.717) is 24.1 Å². The average Bonchev–Trinajstić information content (AvgIpc) is 2.61. The number of halogens is 1. The van der Waals surface area contributed by atoms with Crippen molar-refractivity contribution in [2.24, 2.45) is 0 Å². The normalized spacial score (nSPS) is 24.8. The first-order valence-corrected chi connectivity index (χ1v) is 8.42. The van der Waals surface area contributed by atoms with Crippen LogP contribution < -0.4 is 0 Å². The summed E-state index contributed by atoms with van der Waals surface area (Å²) >= 11 is 6.39. The predicted molar refractivity (Wildman–Crippen MR) is 90.4 cm³/mol. The van der Waals surface area contributed by atoms with Gasteiger partial charge < -0.3 is 10.0 Å². The lowest BCUT2D eigenvalue weighted by atomic mass is 9.67. The fourth-order valence-corrected chi connectivity index (χ4v) is 4.68. The molecule has 24 heavy (non-hydrogen) atoms. The van der Waals surface area contributed by atoms with Crippen molar-refractivity contribution in [1.82, 2.24) is 4.90 Å². The zero-order chi connectivity index (χ0) is 16.9. The standard InChI is InChI=1S/C19H16ClNO3/c20-11-19-15-8-4-1-5-12(15)9-10-21(19)17(22)14-7-3-2-6-13(14)16(19)18(23)24/h1-8,16H,9-11H2,(H,23,24)/t16-,19-/m0/s1. The van der Waals surface area contributed by atoms with E-state index in [0.717, 1.165) is 11.1 Å². The second kappa shape index (κ2) is 5.35. The smallest absolute Gasteiger partial charge is 0.313 e. The minimum Gasteiger partial charge on any atom is -0.481 e. The molecule has 0 saturated heterocycles. The molecule has 122 valence electrons. The third kappa shape index (κ3) is 1.80. The number of carbonyl (C=O) groups excluding carboxylic acids is 1. The van der Waals surface area contributed by atoms with Gasteiger partial charge in [0.15, 0.2) is 0 Å². The van der Waals surface area contributed by atoms with Crippen molar-refractivity contribution in [2.45, 2.75) is 17.9 Å². The highest BCUT2D eigenvalue weighted by Crippen LogP contribution is 2.51. The number of carboxylic acids is 1. The quantitative estimate of drug-likeness (QED) is 0.854. The molecular formula is C19H16ClNO3. The second-order valence-corrected chi connectivity index (χ2v) is 6.55. The number of hydrogen-bond donors (Lipinski definition) is 1. The lowest BCUT2D eigenvalue weighted by molar-refractivity contribution is -0.143. The van der Waals surface area contributed by atoms with Crippen LogP contribution in [0.4, 0.5) is 0 Å². The van der Waals surface area contributed by atoms with Gasteiger partial charge in [0.05, 0.1) is 11.4 Å². The van der Waals surface area contributed by atoms with E-state index in [2.05, 4.69) is 0 Å². The van der Waals surface area contributed by atoms with Gasteiger partial charge in [-0.2, -0.15) is 0 Å². The molecule has 5 heteroatoms. The number of fused-ring (bicyclic) bond motifs is 4. The SMILES string of the molecule is O=C(O)[C@@H]1c2ccccc2C(=O)N2CCc3ccccc3[C@@]12CCl. The minimum absolute atomic E-state index is 0.0427. The molecule has 2 aliphatic rings. The molecule has 2 aromatic rings. The molecule has 0 aliphatic carbocycles. The topological polar surface area (TPSA) is 57.6 Å². The number of rotatable bonds is 2. The molecule has 0 radical (unpaired) electrons. The number of benzene rings is 2. The summed E-state index contributed by atoms with van der Waals surface area (Å²) in [4.78, 5) is 27.0. The monoisotopic (exact) mass is 341 g/mol. The number of carbonyl (C=O) groups is 2.